The van der Waals surface area contributed by atoms with E-state index in [9.17, 15) is 4.79 Å². The van der Waals surface area contributed by atoms with Crippen LogP contribution in [0.2, 0.25) is 0 Å². The smallest absolute Gasteiger partial charge is 0.254 e. The largest absolute Gasteiger partial charge is 0.351 e. The van der Waals surface area contributed by atoms with Gasteiger partial charge in [-0.2, -0.15) is 5.10 Å². The Balaban J connectivity index is 0.00000162. The first-order valence-corrected chi connectivity index (χ1v) is 6.10. The van der Waals surface area contributed by atoms with Crippen molar-refractivity contribution in [1.82, 2.24) is 20.8 Å². The van der Waals surface area contributed by atoms with Gasteiger partial charge in [0.05, 0.1) is 11.8 Å². The summed E-state index contributed by atoms with van der Waals surface area (Å²) in [5, 5.41) is 13.0. The van der Waals surface area contributed by atoms with Crippen LogP contribution in [0.4, 0.5) is 0 Å². The average molecular weight is 273 g/mol. The van der Waals surface area contributed by atoms with Gasteiger partial charge >= 0.3 is 0 Å². The molecule has 1 aliphatic heterocycles. The van der Waals surface area contributed by atoms with Crippen LogP contribution in [-0.2, 0) is 0 Å². The number of hydrogen-bond donors (Lipinski definition) is 3. The van der Waals surface area contributed by atoms with E-state index in [0.29, 0.717) is 5.56 Å². The highest BCUT2D eigenvalue weighted by Crippen LogP contribution is 2.26. The zero-order valence-electron chi connectivity index (χ0n) is 10.9. The maximum atomic E-state index is 11.9. The topological polar surface area (TPSA) is 69.8 Å². The van der Waals surface area contributed by atoms with Gasteiger partial charge in [0.1, 0.15) is 0 Å². The van der Waals surface area contributed by atoms with Gasteiger partial charge in [0, 0.05) is 12.2 Å². The number of amides is 1. The first-order valence-electron chi connectivity index (χ1n) is 6.10. The number of halogens is 1. The molecule has 5 nitrogen and oxygen atoms in total. The summed E-state index contributed by atoms with van der Waals surface area (Å²) >= 11 is 0. The number of carbonyl (C=O) groups excluding carboxylic acids is 1. The molecule has 0 atom stereocenters. The molecular formula is C12H21ClN4O. The molecule has 6 heteroatoms. The monoisotopic (exact) mass is 272 g/mol. The number of nitrogens with zero attached hydrogens (tertiary/aromatic N) is 1. The van der Waals surface area contributed by atoms with Crippen molar-refractivity contribution in [2.45, 2.75) is 26.7 Å². The molecule has 1 aromatic rings. The maximum absolute atomic E-state index is 11.9. The van der Waals surface area contributed by atoms with Gasteiger partial charge in [-0.25, -0.2) is 0 Å². The first-order chi connectivity index (χ1) is 8.11. The number of piperidine rings is 1. The molecule has 18 heavy (non-hydrogen) atoms. The Kier molecular flexibility index (Phi) is 5.16. The van der Waals surface area contributed by atoms with Crippen LogP contribution in [0.25, 0.3) is 0 Å². The fourth-order valence-electron chi connectivity index (χ4n) is 2.18. The SMILES string of the molecule is Cc1[nH]ncc1C(=O)NCC1(C)CCNCC1.Cl. The molecule has 2 heterocycles. The molecule has 102 valence electrons. The van der Waals surface area contributed by atoms with E-state index in [0.717, 1.165) is 38.2 Å². The van der Waals surface area contributed by atoms with Crippen LogP contribution in [-0.4, -0.2) is 35.7 Å². The summed E-state index contributed by atoms with van der Waals surface area (Å²) in [5.41, 5.74) is 1.68. The van der Waals surface area contributed by atoms with Crippen LogP contribution in [0.1, 0.15) is 35.8 Å². The van der Waals surface area contributed by atoms with Crippen molar-refractivity contribution >= 4 is 18.3 Å². The molecule has 0 bridgehead atoms. The molecule has 0 radical (unpaired) electrons. The Labute approximate surface area is 114 Å². The van der Waals surface area contributed by atoms with Gasteiger partial charge in [-0.3, -0.25) is 9.89 Å². The second-order valence-corrected chi connectivity index (χ2v) is 5.15. The van der Waals surface area contributed by atoms with Crippen molar-refractivity contribution in [2.24, 2.45) is 5.41 Å². The Morgan fingerprint density at radius 1 is 1.50 bits per heavy atom. The van der Waals surface area contributed by atoms with Crippen LogP contribution in [0.3, 0.4) is 0 Å². The van der Waals surface area contributed by atoms with Gasteiger partial charge in [0.2, 0.25) is 0 Å². The van der Waals surface area contributed by atoms with Gasteiger partial charge < -0.3 is 10.6 Å². The number of hydrogen-bond acceptors (Lipinski definition) is 3. The highest BCUT2D eigenvalue weighted by Gasteiger charge is 2.27. The van der Waals surface area contributed by atoms with Gasteiger partial charge in [-0.1, -0.05) is 6.92 Å². The number of H-pyrrole nitrogens is 1. The molecule has 1 fully saturated rings. The van der Waals surface area contributed by atoms with E-state index in [4.69, 9.17) is 0 Å². The van der Waals surface area contributed by atoms with Crippen LogP contribution in [0.5, 0.6) is 0 Å². The molecule has 3 N–H and O–H groups in total. The molecular weight excluding hydrogens is 252 g/mol. The van der Waals surface area contributed by atoms with Crippen molar-refractivity contribution in [3.63, 3.8) is 0 Å². The predicted molar refractivity (Wildman–Crippen MR) is 73.1 cm³/mol. The summed E-state index contributed by atoms with van der Waals surface area (Å²) in [4.78, 5) is 11.9. The van der Waals surface area contributed by atoms with Crippen molar-refractivity contribution in [2.75, 3.05) is 19.6 Å². The molecule has 1 aromatic heterocycles. The number of aromatic nitrogens is 2. The third-order valence-electron chi connectivity index (χ3n) is 3.56. The Morgan fingerprint density at radius 2 is 2.17 bits per heavy atom. The van der Waals surface area contributed by atoms with E-state index in [1.54, 1.807) is 6.20 Å². The molecule has 0 aromatic carbocycles. The predicted octanol–water partition coefficient (Wildman–Crippen LogP) is 1.26. The van der Waals surface area contributed by atoms with E-state index in [-0.39, 0.29) is 23.7 Å². The van der Waals surface area contributed by atoms with Gasteiger partial charge in [0.25, 0.3) is 5.91 Å². The fraction of sp³-hybridized carbons (Fsp3) is 0.667. The highest BCUT2D eigenvalue weighted by atomic mass is 35.5. The normalized spacial score (nSPS) is 17.9. The summed E-state index contributed by atoms with van der Waals surface area (Å²) in [6, 6.07) is 0. The molecule has 0 saturated carbocycles. The molecule has 2 rings (SSSR count). The highest BCUT2D eigenvalue weighted by molar-refractivity contribution is 5.94. The van der Waals surface area contributed by atoms with Crippen LogP contribution < -0.4 is 10.6 Å². The van der Waals surface area contributed by atoms with E-state index in [2.05, 4.69) is 27.8 Å². The van der Waals surface area contributed by atoms with Crippen LogP contribution in [0, 0.1) is 12.3 Å². The zero-order chi connectivity index (χ0) is 12.3. The minimum atomic E-state index is -0.0315. The third kappa shape index (κ3) is 3.46. The standard InChI is InChI=1S/C12H20N4O.ClH/c1-9-10(7-15-16-9)11(17)14-8-12(2)3-5-13-6-4-12;/h7,13H,3-6,8H2,1-2H3,(H,14,17)(H,15,16);1H. The molecule has 0 aliphatic carbocycles. The van der Waals surface area contributed by atoms with Crippen molar-refractivity contribution < 1.29 is 4.79 Å². The molecule has 0 unspecified atom stereocenters. The lowest BCUT2D eigenvalue weighted by Crippen LogP contribution is -2.42. The van der Waals surface area contributed by atoms with E-state index in [1.165, 1.54) is 0 Å². The molecule has 1 saturated heterocycles. The summed E-state index contributed by atoms with van der Waals surface area (Å²) in [7, 11) is 0. The number of aromatic amines is 1. The van der Waals surface area contributed by atoms with Crippen molar-refractivity contribution in [3.8, 4) is 0 Å². The van der Waals surface area contributed by atoms with E-state index in [1.807, 2.05) is 6.92 Å². The number of aryl methyl sites for hydroxylation is 1. The fourth-order valence-corrected chi connectivity index (χ4v) is 2.18. The lowest BCUT2D eigenvalue weighted by atomic mass is 9.81. The minimum absolute atomic E-state index is 0. The summed E-state index contributed by atoms with van der Waals surface area (Å²) < 4.78 is 0. The van der Waals surface area contributed by atoms with Crippen molar-refractivity contribution in [1.29, 1.82) is 0 Å². The number of rotatable bonds is 3. The van der Waals surface area contributed by atoms with Gasteiger partial charge in [0.15, 0.2) is 0 Å². The Bertz CT molecular complexity index is 399. The third-order valence-corrected chi connectivity index (χ3v) is 3.56. The van der Waals surface area contributed by atoms with Gasteiger partial charge in [-0.05, 0) is 38.3 Å². The molecule has 1 amide bonds. The second-order valence-electron chi connectivity index (χ2n) is 5.15. The summed E-state index contributed by atoms with van der Waals surface area (Å²) in [6.45, 7) is 6.90. The first kappa shape index (κ1) is 15.0. The lowest BCUT2D eigenvalue weighted by Gasteiger charge is -2.34. The Morgan fingerprint density at radius 3 is 2.72 bits per heavy atom. The van der Waals surface area contributed by atoms with E-state index >= 15 is 0 Å². The number of carbonyl (C=O) groups is 1. The van der Waals surface area contributed by atoms with Crippen LogP contribution in [0.15, 0.2) is 6.20 Å². The van der Waals surface area contributed by atoms with Crippen LogP contribution >= 0.6 is 12.4 Å². The summed E-state index contributed by atoms with van der Waals surface area (Å²) in [6.07, 6.45) is 3.80. The van der Waals surface area contributed by atoms with E-state index < -0.39 is 0 Å². The average Bonchev–Trinajstić information content (AvgIpc) is 2.74. The number of nitrogens with one attached hydrogen (secondary N) is 3. The zero-order valence-corrected chi connectivity index (χ0v) is 11.7. The molecule has 0 spiro atoms. The molecule has 1 aliphatic rings. The lowest BCUT2D eigenvalue weighted by molar-refractivity contribution is 0.0921. The maximum Gasteiger partial charge on any atom is 0.254 e. The summed E-state index contributed by atoms with van der Waals surface area (Å²) in [5.74, 6) is -0.0315. The van der Waals surface area contributed by atoms with Crippen molar-refractivity contribution in [3.05, 3.63) is 17.5 Å². The van der Waals surface area contributed by atoms with Gasteiger partial charge in [-0.15, -0.1) is 12.4 Å². The Hall–Kier alpha value is -1.07. The quantitative estimate of drug-likeness (QED) is 0.776. The minimum Gasteiger partial charge on any atom is -0.351 e. The second kappa shape index (κ2) is 6.20.